The minimum Gasteiger partial charge on any atom is -0.494 e. The minimum absolute atomic E-state index is 0.617. The van der Waals surface area contributed by atoms with E-state index in [0.29, 0.717) is 18.2 Å². The molecule has 0 bridgehead atoms. The first-order valence-corrected chi connectivity index (χ1v) is 6.84. The normalized spacial score (nSPS) is 10.3. The predicted molar refractivity (Wildman–Crippen MR) is 80.4 cm³/mol. The highest BCUT2D eigenvalue weighted by atomic mass is 16.5. The average molecular weight is 272 g/mol. The Kier molecular flexibility index (Phi) is 4.90. The molecule has 0 fully saturated rings. The van der Waals surface area contributed by atoms with Crippen LogP contribution in [-0.2, 0) is 6.42 Å². The molecule has 0 aliphatic heterocycles. The molecular formula is C15H20N4O. The van der Waals surface area contributed by atoms with Crippen molar-refractivity contribution in [1.82, 2.24) is 9.97 Å². The summed E-state index contributed by atoms with van der Waals surface area (Å²) < 4.78 is 5.63. The molecule has 5 heteroatoms. The van der Waals surface area contributed by atoms with Crippen LogP contribution in [0, 0.1) is 0 Å². The summed E-state index contributed by atoms with van der Waals surface area (Å²) >= 11 is 0. The van der Waals surface area contributed by atoms with Crippen LogP contribution in [0.5, 0.6) is 5.75 Å². The summed E-state index contributed by atoms with van der Waals surface area (Å²) in [6.07, 6.45) is 1.81. The molecule has 1 heterocycles. The van der Waals surface area contributed by atoms with E-state index in [-0.39, 0.29) is 0 Å². The first-order chi connectivity index (χ1) is 9.76. The second-order valence-electron chi connectivity index (χ2n) is 4.44. The van der Waals surface area contributed by atoms with Crippen molar-refractivity contribution in [3.8, 4) is 17.1 Å². The van der Waals surface area contributed by atoms with Crippen LogP contribution in [0.2, 0.25) is 0 Å². The number of nitrogens with zero attached hydrogens (tertiary/aromatic N) is 2. The number of ether oxygens (including phenoxy) is 1. The molecule has 2 aromatic rings. The molecule has 0 unspecified atom stereocenters. The molecule has 106 valence electrons. The van der Waals surface area contributed by atoms with Gasteiger partial charge < -0.3 is 10.2 Å². The van der Waals surface area contributed by atoms with Crippen LogP contribution in [-0.4, -0.2) is 16.6 Å². The number of benzene rings is 1. The molecule has 1 aromatic carbocycles. The van der Waals surface area contributed by atoms with Crippen molar-refractivity contribution >= 4 is 5.82 Å². The van der Waals surface area contributed by atoms with E-state index in [1.807, 2.05) is 37.3 Å². The van der Waals surface area contributed by atoms with Crippen LogP contribution in [0.15, 0.2) is 30.3 Å². The van der Waals surface area contributed by atoms with Crippen LogP contribution in [0.25, 0.3) is 11.4 Å². The number of nitrogens with one attached hydrogen (secondary N) is 1. The van der Waals surface area contributed by atoms with Crippen molar-refractivity contribution in [3.63, 3.8) is 0 Å². The summed E-state index contributed by atoms with van der Waals surface area (Å²) in [5, 5.41) is 0. The molecule has 0 saturated carbocycles. The zero-order chi connectivity index (χ0) is 14.4. The number of nitrogen functional groups attached to an aromatic ring is 1. The van der Waals surface area contributed by atoms with E-state index in [4.69, 9.17) is 10.6 Å². The van der Waals surface area contributed by atoms with Gasteiger partial charge in [0.2, 0.25) is 0 Å². The largest absolute Gasteiger partial charge is 0.494 e. The van der Waals surface area contributed by atoms with E-state index in [1.54, 1.807) is 0 Å². The fourth-order valence-electron chi connectivity index (χ4n) is 1.83. The first kappa shape index (κ1) is 14.3. The Morgan fingerprint density at radius 1 is 1.20 bits per heavy atom. The van der Waals surface area contributed by atoms with Gasteiger partial charge in [-0.15, -0.1) is 0 Å². The SMILES string of the molecule is CCCOc1cccc(-c2nc(CC)cc(NN)n2)c1. The quantitative estimate of drug-likeness (QED) is 0.625. The predicted octanol–water partition coefficient (Wildman–Crippen LogP) is 2.78. The molecule has 0 amide bonds. The van der Waals surface area contributed by atoms with Gasteiger partial charge in [-0.3, -0.25) is 0 Å². The third kappa shape index (κ3) is 3.45. The number of aromatic nitrogens is 2. The lowest BCUT2D eigenvalue weighted by Gasteiger charge is -2.09. The highest BCUT2D eigenvalue weighted by Gasteiger charge is 2.07. The Morgan fingerprint density at radius 3 is 2.75 bits per heavy atom. The standard InChI is InChI=1S/C15H20N4O/c1-3-8-20-13-7-5-6-11(9-13)15-17-12(4-2)10-14(18-15)19-16/h5-7,9-10H,3-4,8,16H2,1-2H3,(H,17,18,19). The van der Waals surface area contributed by atoms with Crippen LogP contribution in [0.3, 0.4) is 0 Å². The molecule has 0 aliphatic carbocycles. The molecule has 3 N–H and O–H groups in total. The van der Waals surface area contributed by atoms with Crippen molar-refractivity contribution in [1.29, 1.82) is 0 Å². The second-order valence-corrected chi connectivity index (χ2v) is 4.44. The molecular weight excluding hydrogens is 252 g/mol. The van der Waals surface area contributed by atoms with E-state index in [2.05, 4.69) is 22.3 Å². The fraction of sp³-hybridized carbons (Fsp3) is 0.333. The third-order valence-corrected chi connectivity index (χ3v) is 2.85. The van der Waals surface area contributed by atoms with Crippen LogP contribution in [0.4, 0.5) is 5.82 Å². The molecule has 0 spiro atoms. The van der Waals surface area contributed by atoms with Gasteiger partial charge >= 0.3 is 0 Å². The number of hydrogen-bond donors (Lipinski definition) is 2. The van der Waals surface area contributed by atoms with Crippen molar-refractivity contribution in [2.75, 3.05) is 12.0 Å². The molecule has 5 nitrogen and oxygen atoms in total. The van der Waals surface area contributed by atoms with Gasteiger partial charge in [0.25, 0.3) is 0 Å². The lowest BCUT2D eigenvalue weighted by Crippen LogP contribution is -2.10. The van der Waals surface area contributed by atoms with Gasteiger partial charge in [0.05, 0.1) is 6.61 Å². The minimum atomic E-state index is 0.617. The Balaban J connectivity index is 2.34. The van der Waals surface area contributed by atoms with E-state index in [9.17, 15) is 0 Å². The van der Waals surface area contributed by atoms with Gasteiger partial charge in [-0.05, 0) is 25.0 Å². The van der Waals surface area contributed by atoms with Gasteiger partial charge in [0.1, 0.15) is 11.6 Å². The van der Waals surface area contributed by atoms with E-state index in [1.165, 1.54) is 0 Å². The number of nitrogens with two attached hydrogens (primary N) is 1. The fourth-order valence-corrected chi connectivity index (χ4v) is 1.83. The van der Waals surface area contributed by atoms with Gasteiger partial charge in [0, 0.05) is 17.3 Å². The van der Waals surface area contributed by atoms with Crippen LogP contribution >= 0.6 is 0 Å². The molecule has 2 rings (SSSR count). The number of anilines is 1. The molecule has 0 saturated heterocycles. The maximum absolute atomic E-state index is 5.63. The zero-order valence-corrected chi connectivity index (χ0v) is 11.9. The third-order valence-electron chi connectivity index (χ3n) is 2.85. The maximum Gasteiger partial charge on any atom is 0.161 e. The Bertz CT molecular complexity index is 549. The summed E-state index contributed by atoms with van der Waals surface area (Å²) in [5.74, 6) is 7.55. The Morgan fingerprint density at radius 2 is 2.05 bits per heavy atom. The smallest absolute Gasteiger partial charge is 0.161 e. The Hall–Kier alpha value is -2.14. The highest BCUT2D eigenvalue weighted by Crippen LogP contribution is 2.22. The number of hydrazine groups is 1. The van der Waals surface area contributed by atoms with E-state index >= 15 is 0 Å². The van der Waals surface area contributed by atoms with Gasteiger partial charge in [-0.25, -0.2) is 15.8 Å². The summed E-state index contributed by atoms with van der Waals surface area (Å²) in [6, 6.07) is 9.64. The number of hydrogen-bond acceptors (Lipinski definition) is 5. The average Bonchev–Trinajstić information content (AvgIpc) is 2.52. The Labute approximate surface area is 119 Å². The topological polar surface area (TPSA) is 73.1 Å². The van der Waals surface area contributed by atoms with Gasteiger partial charge in [-0.2, -0.15) is 0 Å². The summed E-state index contributed by atoms with van der Waals surface area (Å²) in [7, 11) is 0. The monoisotopic (exact) mass is 272 g/mol. The van der Waals surface area contributed by atoms with Crippen molar-refractivity contribution in [2.45, 2.75) is 26.7 Å². The molecule has 0 atom stereocenters. The van der Waals surface area contributed by atoms with E-state index in [0.717, 1.165) is 29.8 Å². The van der Waals surface area contributed by atoms with Crippen LogP contribution in [0.1, 0.15) is 26.0 Å². The lowest BCUT2D eigenvalue weighted by atomic mass is 10.2. The molecule has 20 heavy (non-hydrogen) atoms. The number of rotatable bonds is 6. The zero-order valence-electron chi connectivity index (χ0n) is 11.9. The lowest BCUT2D eigenvalue weighted by molar-refractivity contribution is 0.317. The highest BCUT2D eigenvalue weighted by molar-refractivity contribution is 5.59. The van der Waals surface area contributed by atoms with Crippen LogP contribution < -0.4 is 16.0 Å². The van der Waals surface area contributed by atoms with E-state index < -0.39 is 0 Å². The summed E-state index contributed by atoms with van der Waals surface area (Å²) in [6.45, 7) is 4.83. The van der Waals surface area contributed by atoms with Crippen molar-refractivity contribution < 1.29 is 4.74 Å². The molecule has 0 radical (unpaired) electrons. The first-order valence-electron chi connectivity index (χ1n) is 6.84. The van der Waals surface area contributed by atoms with Crippen molar-refractivity contribution in [3.05, 3.63) is 36.0 Å². The summed E-state index contributed by atoms with van der Waals surface area (Å²) in [5.41, 5.74) is 4.45. The van der Waals surface area contributed by atoms with Crippen molar-refractivity contribution in [2.24, 2.45) is 5.84 Å². The summed E-state index contributed by atoms with van der Waals surface area (Å²) in [4.78, 5) is 8.92. The molecule has 1 aromatic heterocycles. The molecule has 0 aliphatic rings. The number of aryl methyl sites for hydroxylation is 1. The van der Waals surface area contributed by atoms with Gasteiger partial charge in [-0.1, -0.05) is 26.0 Å². The van der Waals surface area contributed by atoms with Gasteiger partial charge in [0.15, 0.2) is 5.82 Å². The second kappa shape index (κ2) is 6.86. The maximum atomic E-state index is 5.63.